The highest BCUT2D eigenvalue weighted by Crippen LogP contribution is 2.21. The highest BCUT2D eigenvalue weighted by atomic mass is 32.2. The number of anilines is 1. The molecular formula is C13H12N4O2S. The molecule has 0 radical (unpaired) electrons. The number of H-pyrrole nitrogens is 1. The second-order valence-electron chi connectivity index (χ2n) is 4.38. The van der Waals surface area contributed by atoms with Crippen molar-refractivity contribution in [3.05, 3.63) is 48.4 Å². The fourth-order valence-electron chi connectivity index (χ4n) is 1.96. The van der Waals surface area contributed by atoms with Gasteiger partial charge in [-0.05, 0) is 31.2 Å². The van der Waals surface area contributed by atoms with Crippen molar-refractivity contribution in [2.75, 3.05) is 4.72 Å². The largest absolute Gasteiger partial charge is 0.281 e. The fraction of sp³-hybridized carbons (Fsp3) is 0.0769. The van der Waals surface area contributed by atoms with Crippen molar-refractivity contribution in [2.45, 2.75) is 11.8 Å². The molecule has 3 rings (SSSR count). The maximum Gasteiger partial charge on any atom is 0.265 e. The summed E-state index contributed by atoms with van der Waals surface area (Å²) in [5.74, 6) is 0. The van der Waals surface area contributed by atoms with E-state index in [1.54, 1.807) is 37.4 Å². The first kappa shape index (κ1) is 12.6. The van der Waals surface area contributed by atoms with Gasteiger partial charge in [0.1, 0.15) is 4.90 Å². The monoisotopic (exact) mass is 288 g/mol. The van der Waals surface area contributed by atoms with Gasteiger partial charge in [0.25, 0.3) is 10.0 Å². The Kier molecular flexibility index (Phi) is 2.90. The number of aromatic amines is 1. The Morgan fingerprint density at radius 3 is 2.85 bits per heavy atom. The number of hydrogen-bond acceptors (Lipinski definition) is 4. The summed E-state index contributed by atoms with van der Waals surface area (Å²) >= 11 is 0. The summed E-state index contributed by atoms with van der Waals surface area (Å²) in [6.07, 6.45) is 2.99. The first-order chi connectivity index (χ1) is 9.56. The van der Waals surface area contributed by atoms with E-state index in [1.807, 2.05) is 6.07 Å². The summed E-state index contributed by atoms with van der Waals surface area (Å²) in [4.78, 5) is 4.33. The van der Waals surface area contributed by atoms with Crippen LogP contribution in [0.5, 0.6) is 0 Å². The zero-order valence-electron chi connectivity index (χ0n) is 10.7. The lowest BCUT2D eigenvalue weighted by Gasteiger charge is -2.07. The molecule has 0 aliphatic heterocycles. The van der Waals surface area contributed by atoms with Crippen LogP contribution in [0.15, 0.2) is 47.6 Å². The Morgan fingerprint density at radius 2 is 2.10 bits per heavy atom. The number of pyridine rings is 1. The van der Waals surface area contributed by atoms with Crippen molar-refractivity contribution in [1.82, 2.24) is 15.2 Å². The molecule has 0 spiro atoms. The number of hydrogen-bond donors (Lipinski definition) is 2. The molecule has 2 aromatic heterocycles. The standard InChI is InChI=1S/C13H12N4O2S/c1-9-13(8-15-16-9)20(18,19)17-11-4-5-12-10(7-11)3-2-6-14-12/h2-8,17H,1H3,(H,15,16). The number of nitrogens with zero attached hydrogens (tertiary/aromatic N) is 2. The maximum absolute atomic E-state index is 12.2. The molecule has 20 heavy (non-hydrogen) atoms. The maximum atomic E-state index is 12.2. The second kappa shape index (κ2) is 4.61. The van der Waals surface area contributed by atoms with E-state index in [1.165, 1.54) is 6.20 Å². The van der Waals surface area contributed by atoms with Gasteiger partial charge in [0.2, 0.25) is 0 Å². The van der Waals surface area contributed by atoms with E-state index in [9.17, 15) is 8.42 Å². The third-order valence-electron chi connectivity index (χ3n) is 2.93. The Hall–Kier alpha value is -2.41. The first-order valence-corrected chi connectivity index (χ1v) is 7.42. The van der Waals surface area contributed by atoms with Gasteiger partial charge < -0.3 is 0 Å². The van der Waals surface area contributed by atoms with E-state index in [-0.39, 0.29) is 4.90 Å². The Balaban J connectivity index is 1.99. The van der Waals surface area contributed by atoms with Gasteiger partial charge in [-0.3, -0.25) is 14.8 Å². The van der Waals surface area contributed by atoms with E-state index >= 15 is 0 Å². The van der Waals surface area contributed by atoms with Crippen LogP contribution in [0.4, 0.5) is 5.69 Å². The third kappa shape index (κ3) is 2.23. The van der Waals surface area contributed by atoms with Crippen LogP contribution in [0.25, 0.3) is 10.9 Å². The topological polar surface area (TPSA) is 87.7 Å². The molecule has 0 bridgehead atoms. The number of aryl methyl sites for hydroxylation is 1. The van der Waals surface area contributed by atoms with Crippen LogP contribution in [0.3, 0.4) is 0 Å². The van der Waals surface area contributed by atoms with Crippen LogP contribution in [0.2, 0.25) is 0 Å². The Labute approximate surface area is 115 Å². The normalized spacial score (nSPS) is 11.7. The van der Waals surface area contributed by atoms with Crippen molar-refractivity contribution in [3.63, 3.8) is 0 Å². The van der Waals surface area contributed by atoms with Crippen LogP contribution in [0.1, 0.15) is 5.69 Å². The van der Waals surface area contributed by atoms with E-state index in [4.69, 9.17) is 0 Å². The van der Waals surface area contributed by atoms with Crippen molar-refractivity contribution < 1.29 is 8.42 Å². The van der Waals surface area contributed by atoms with Crippen molar-refractivity contribution in [1.29, 1.82) is 0 Å². The summed E-state index contributed by atoms with van der Waals surface area (Å²) in [5.41, 5.74) is 1.81. The van der Waals surface area contributed by atoms with Gasteiger partial charge in [-0.25, -0.2) is 8.42 Å². The lowest BCUT2D eigenvalue weighted by Crippen LogP contribution is -2.13. The van der Waals surface area contributed by atoms with E-state index in [2.05, 4.69) is 19.9 Å². The number of benzene rings is 1. The average molecular weight is 288 g/mol. The summed E-state index contributed by atoms with van der Waals surface area (Å²) < 4.78 is 27.0. The molecule has 6 nitrogen and oxygen atoms in total. The molecule has 7 heteroatoms. The van der Waals surface area contributed by atoms with E-state index < -0.39 is 10.0 Å². The van der Waals surface area contributed by atoms with E-state index in [0.29, 0.717) is 11.4 Å². The minimum atomic E-state index is -3.63. The summed E-state index contributed by atoms with van der Waals surface area (Å²) in [5, 5.41) is 7.21. The fourth-order valence-corrected chi connectivity index (χ4v) is 3.15. The van der Waals surface area contributed by atoms with Crippen molar-refractivity contribution >= 4 is 26.6 Å². The lowest BCUT2D eigenvalue weighted by molar-refractivity contribution is 0.600. The van der Waals surface area contributed by atoms with Gasteiger partial charge in [-0.15, -0.1) is 0 Å². The highest BCUT2D eigenvalue weighted by molar-refractivity contribution is 7.92. The molecule has 0 aliphatic carbocycles. The average Bonchev–Trinajstić information content (AvgIpc) is 2.85. The SMILES string of the molecule is Cc1[nH]ncc1S(=O)(=O)Nc1ccc2ncccc2c1. The quantitative estimate of drug-likeness (QED) is 0.772. The van der Waals surface area contributed by atoms with Crippen molar-refractivity contribution in [3.8, 4) is 0 Å². The van der Waals surface area contributed by atoms with Crippen LogP contribution in [-0.2, 0) is 10.0 Å². The van der Waals surface area contributed by atoms with Crippen molar-refractivity contribution in [2.24, 2.45) is 0 Å². The van der Waals surface area contributed by atoms with Gasteiger partial charge >= 0.3 is 0 Å². The zero-order valence-corrected chi connectivity index (χ0v) is 11.5. The Bertz CT molecular complexity index is 871. The molecule has 0 unspecified atom stereocenters. The van der Waals surface area contributed by atoms with Gasteiger partial charge in [-0.1, -0.05) is 6.07 Å². The number of sulfonamides is 1. The summed E-state index contributed by atoms with van der Waals surface area (Å²) in [6, 6.07) is 8.89. The molecular weight excluding hydrogens is 276 g/mol. The molecule has 102 valence electrons. The molecule has 2 heterocycles. The molecule has 0 saturated heterocycles. The van der Waals surface area contributed by atoms with Crippen LogP contribution < -0.4 is 4.72 Å². The molecule has 3 aromatic rings. The van der Waals surface area contributed by atoms with Crippen LogP contribution >= 0.6 is 0 Å². The van der Waals surface area contributed by atoms with Gasteiger partial charge in [0.15, 0.2) is 0 Å². The molecule has 0 fully saturated rings. The minimum absolute atomic E-state index is 0.142. The van der Waals surface area contributed by atoms with E-state index in [0.717, 1.165) is 10.9 Å². The number of aromatic nitrogens is 3. The Morgan fingerprint density at radius 1 is 1.25 bits per heavy atom. The third-order valence-corrected chi connectivity index (χ3v) is 4.42. The summed E-state index contributed by atoms with van der Waals surface area (Å²) in [7, 11) is -3.63. The molecule has 0 saturated carbocycles. The predicted molar refractivity (Wildman–Crippen MR) is 75.9 cm³/mol. The van der Waals surface area contributed by atoms with Gasteiger partial charge in [0.05, 0.1) is 17.4 Å². The molecule has 0 aliphatic rings. The smallest absolute Gasteiger partial charge is 0.265 e. The lowest BCUT2D eigenvalue weighted by atomic mass is 10.2. The summed E-state index contributed by atoms with van der Waals surface area (Å²) in [6.45, 7) is 1.66. The molecule has 0 amide bonds. The molecule has 1 aromatic carbocycles. The second-order valence-corrected chi connectivity index (χ2v) is 6.03. The van der Waals surface area contributed by atoms with Gasteiger partial charge in [0, 0.05) is 17.3 Å². The zero-order chi connectivity index (χ0) is 14.2. The van der Waals surface area contributed by atoms with Crippen LogP contribution in [0, 0.1) is 6.92 Å². The number of nitrogens with one attached hydrogen (secondary N) is 2. The minimum Gasteiger partial charge on any atom is -0.281 e. The molecule has 0 atom stereocenters. The number of rotatable bonds is 3. The van der Waals surface area contributed by atoms with Gasteiger partial charge in [-0.2, -0.15) is 5.10 Å². The first-order valence-electron chi connectivity index (χ1n) is 5.94. The molecule has 2 N–H and O–H groups in total. The predicted octanol–water partition coefficient (Wildman–Crippen LogP) is 2.07. The van der Waals surface area contributed by atoms with Crippen LogP contribution in [-0.4, -0.2) is 23.6 Å². The highest BCUT2D eigenvalue weighted by Gasteiger charge is 2.18. The number of fused-ring (bicyclic) bond motifs is 1.